The van der Waals surface area contributed by atoms with Crippen LogP contribution >= 0.6 is 0 Å². The number of aromatic nitrogens is 1. The fourth-order valence-corrected chi connectivity index (χ4v) is 4.07. The van der Waals surface area contributed by atoms with Gasteiger partial charge in [0.1, 0.15) is 0 Å². The molecular formula is C23H26N2O. The van der Waals surface area contributed by atoms with E-state index in [2.05, 4.69) is 58.4 Å². The van der Waals surface area contributed by atoms with Crippen molar-refractivity contribution in [3.63, 3.8) is 0 Å². The van der Waals surface area contributed by atoms with Crippen molar-refractivity contribution in [2.75, 3.05) is 13.1 Å². The maximum absolute atomic E-state index is 12.7. The van der Waals surface area contributed by atoms with Crippen LogP contribution in [0, 0.1) is 5.92 Å². The number of nitrogens with one attached hydrogen (secondary N) is 1. The van der Waals surface area contributed by atoms with Crippen molar-refractivity contribution in [2.45, 2.75) is 32.1 Å². The Kier molecular flexibility index (Phi) is 5.05. The average Bonchev–Trinajstić information content (AvgIpc) is 3.10. The van der Waals surface area contributed by atoms with Gasteiger partial charge in [-0.15, -0.1) is 0 Å². The summed E-state index contributed by atoms with van der Waals surface area (Å²) in [7, 11) is 0. The monoisotopic (exact) mass is 346 g/mol. The predicted octanol–water partition coefficient (Wildman–Crippen LogP) is 4.58. The molecule has 1 aromatic heterocycles. The van der Waals surface area contributed by atoms with Crippen LogP contribution < -0.4 is 0 Å². The van der Waals surface area contributed by atoms with Crippen LogP contribution in [0.5, 0.6) is 0 Å². The van der Waals surface area contributed by atoms with E-state index in [1.807, 2.05) is 12.1 Å². The van der Waals surface area contributed by atoms with Crippen molar-refractivity contribution in [1.29, 1.82) is 0 Å². The Labute approximate surface area is 155 Å². The third kappa shape index (κ3) is 3.98. The zero-order chi connectivity index (χ0) is 17.8. The first-order valence-electron chi connectivity index (χ1n) is 9.66. The van der Waals surface area contributed by atoms with Gasteiger partial charge >= 0.3 is 0 Å². The molecule has 2 heterocycles. The first kappa shape index (κ1) is 16.9. The third-order valence-corrected chi connectivity index (χ3v) is 5.43. The van der Waals surface area contributed by atoms with Crippen LogP contribution in [-0.2, 0) is 17.6 Å². The molecule has 1 fully saturated rings. The minimum absolute atomic E-state index is 0.293. The molecule has 134 valence electrons. The Morgan fingerprint density at radius 2 is 1.88 bits per heavy atom. The van der Waals surface area contributed by atoms with Crippen molar-refractivity contribution >= 4 is 16.8 Å². The lowest BCUT2D eigenvalue weighted by Crippen LogP contribution is -2.40. The largest absolute Gasteiger partial charge is 0.358 e. The van der Waals surface area contributed by atoms with E-state index < -0.39 is 0 Å². The summed E-state index contributed by atoms with van der Waals surface area (Å²) in [4.78, 5) is 18.2. The summed E-state index contributed by atoms with van der Waals surface area (Å²) < 4.78 is 0. The highest BCUT2D eigenvalue weighted by atomic mass is 16.2. The van der Waals surface area contributed by atoms with Crippen LogP contribution in [0.3, 0.4) is 0 Å². The molecule has 1 aliphatic rings. The number of aromatic amines is 1. The zero-order valence-electron chi connectivity index (χ0n) is 15.2. The number of hydrogen-bond acceptors (Lipinski definition) is 1. The Hall–Kier alpha value is -2.55. The molecule has 0 spiro atoms. The van der Waals surface area contributed by atoms with E-state index in [0.29, 0.717) is 18.2 Å². The summed E-state index contributed by atoms with van der Waals surface area (Å²) in [5, 5.41) is 1.22. The SMILES string of the molecule is O=C(CCc1cc2ccccc2[nH]1)N1CCCC(Cc2ccccc2)C1. The van der Waals surface area contributed by atoms with Gasteiger partial charge in [0.2, 0.25) is 5.91 Å². The Balaban J connectivity index is 1.32. The molecule has 26 heavy (non-hydrogen) atoms. The number of benzene rings is 2. The maximum Gasteiger partial charge on any atom is 0.222 e. The quantitative estimate of drug-likeness (QED) is 0.721. The lowest BCUT2D eigenvalue weighted by molar-refractivity contribution is -0.133. The highest BCUT2D eigenvalue weighted by Gasteiger charge is 2.23. The fourth-order valence-electron chi connectivity index (χ4n) is 4.07. The van der Waals surface area contributed by atoms with Gasteiger partial charge in [0.15, 0.2) is 0 Å². The van der Waals surface area contributed by atoms with E-state index in [9.17, 15) is 4.79 Å². The summed E-state index contributed by atoms with van der Waals surface area (Å²) in [5.74, 6) is 0.879. The second kappa shape index (κ2) is 7.77. The van der Waals surface area contributed by atoms with Crippen LogP contribution in [-0.4, -0.2) is 28.9 Å². The minimum atomic E-state index is 0.293. The molecule has 1 N–H and O–H groups in total. The number of carbonyl (C=O) groups is 1. The molecular weight excluding hydrogens is 320 g/mol. The first-order chi connectivity index (χ1) is 12.8. The number of fused-ring (bicyclic) bond motifs is 1. The van der Waals surface area contributed by atoms with E-state index in [1.54, 1.807) is 0 Å². The molecule has 1 unspecified atom stereocenters. The van der Waals surface area contributed by atoms with Gasteiger partial charge in [0.25, 0.3) is 0 Å². The number of amides is 1. The van der Waals surface area contributed by atoms with Gasteiger partial charge in [-0.3, -0.25) is 4.79 Å². The van der Waals surface area contributed by atoms with E-state index in [1.165, 1.54) is 17.4 Å². The van der Waals surface area contributed by atoms with E-state index in [4.69, 9.17) is 0 Å². The van der Waals surface area contributed by atoms with E-state index >= 15 is 0 Å². The standard InChI is InChI=1S/C23H26N2O/c26-23(13-12-21-16-20-10-4-5-11-22(20)24-21)25-14-6-9-19(17-25)15-18-7-2-1-3-8-18/h1-5,7-8,10-11,16,19,24H,6,9,12-15,17H2. The van der Waals surface area contributed by atoms with Crippen LogP contribution in [0.25, 0.3) is 10.9 Å². The molecule has 0 bridgehead atoms. The molecule has 0 radical (unpaired) electrons. The number of H-pyrrole nitrogens is 1. The Morgan fingerprint density at radius 1 is 1.08 bits per heavy atom. The molecule has 2 aromatic carbocycles. The van der Waals surface area contributed by atoms with Crippen molar-refractivity contribution in [3.05, 3.63) is 71.9 Å². The number of rotatable bonds is 5. The Bertz CT molecular complexity index is 835. The van der Waals surface area contributed by atoms with Crippen molar-refractivity contribution in [1.82, 2.24) is 9.88 Å². The highest BCUT2D eigenvalue weighted by Crippen LogP contribution is 2.22. The average molecular weight is 346 g/mol. The van der Waals surface area contributed by atoms with Crippen LogP contribution in [0.1, 0.15) is 30.5 Å². The van der Waals surface area contributed by atoms with Gasteiger partial charge in [0.05, 0.1) is 0 Å². The van der Waals surface area contributed by atoms with E-state index in [-0.39, 0.29) is 0 Å². The van der Waals surface area contributed by atoms with Crippen LogP contribution in [0.4, 0.5) is 0 Å². The zero-order valence-corrected chi connectivity index (χ0v) is 15.2. The molecule has 3 aromatic rings. The molecule has 1 amide bonds. The number of carbonyl (C=O) groups excluding carboxylic acids is 1. The summed E-state index contributed by atoms with van der Waals surface area (Å²) in [6.45, 7) is 1.82. The molecule has 3 nitrogen and oxygen atoms in total. The topological polar surface area (TPSA) is 36.1 Å². The number of para-hydroxylation sites is 1. The Morgan fingerprint density at radius 3 is 2.73 bits per heavy atom. The van der Waals surface area contributed by atoms with Crippen LogP contribution in [0.15, 0.2) is 60.7 Å². The normalized spacial score (nSPS) is 17.5. The fraction of sp³-hybridized carbons (Fsp3) is 0.348. The smallest absolute Gasteiger partial charge is 0.222 e. The molecule has 0 aliphatic carbocycles. The maximum atomic E-state index is 12.7. The number of piperidine rings is 1. The van der Waals surface area contributed by atoms with Gasteiger partial charge in [0, 0.05) is 30.7 Å². The molecule has 0 saturated carbocycles. The van der Waals surface area contributed by atoms with E-state index in [0.717, 1.165) is 43.6 Å². The predicted molar refractivity (Wildman–Crippen MR) is 106 cm³/mol. The van der Waals surface area contributed by atoms with Crippen molar-refractivity contribution < 1.29 is 4.79 Å². The first-order valence-corrected chi connectivity index (χ1v) is 9.66. The molecule has 3 heteroatoms. The molecule has 4 rings (SSSR count). The lowest BCUT2D eigenvalue weighted by Gasteiger charge is -2.33. The van der Waals surface area contributed by atoms with Gasteiger partial charge in [-0.25, -0.2) is 0 Å². The minimum Gasteiger partial charge on any atom is -0.358 e. The third-order valence-electron chi connectivity index (χ3n) is 5.43. The summed E-state index contributed by atoms with van der Waals surface area (Å²) >= 11 is 0. The second-order valence-electron chi connectivity index (χ2n) is 7.42. The number of nitrogens with zero attached hydrogens (tertiary/aromatic N) is 1. The second-order valence-corrected chi connectivity index (χ2v) is 7.42. The molecule has 1 atom stereocenters. The van der Waals surface area contributed by atoms with Gasteiger partial charge < -0.3 is 9.88 Å². The van der Waals surface area contributed by atoms with Crippen molar-refractivity contribution in [3.8, 4) is 0 Å². The number of aryl methyl sites for hydroxylation is 1. The number of hydrogen-bond donors (Lipinski definition) is 1. The molecule has 1 saturated heterocycles. The highest BCUT2D eigenvalue weighted by molar-refractivity contribution is 5.81. The summed E-state index contributed by atoms with van der Waals surface area (Å²) in [6, 6.07) is 21.1. The van der Waals surface area contributed by atoms with Crippen molar-refractivity contribution in [2.24, 2.45) is 5.92 Å². The van der Waals surface area contributed by atoms with Gasteiger partial charge in [-0.2, -0.15) is 0 Å². The van der Waals surface area contributed by atoms with Crippen LogP contribution in [0.2, 0.25) is 0 Å². The lowest BCUT2D eigenvalue weighted by atomic mass is 9.91. The van der Waals surface area contributed by atoms with Gasteiger partial charge in [-0.1, -0.05) is 48.5 Å². The van der Waals surface area contributed by atoms with Gasteiger partial charge in [-0.05, 0) is 54.7 Å². The summed E-state index contributed by atoms with van der Waals surface area (Å²) in [6.07, 6.45) is 4.79. The molecule has 1 aliphatic heterocycles. The number of likely N-dealkylation sites (tertiary alicyclic amines) is 1. The summed E-state index contributed by atoms with van der Waals surface area (Å²) in [5.41, 5.74) is 3.68.